The van der Waals surface area contributed by atoms with E-state index in [1.165, 1.54) is 11.1 Å². The largest absolute Gasteiger partial charge is 0.352 e. The molecular weight excluding hydrogens is 422 g/mol. The van der Waals surface area contributed by atoms with Crippen LogP contribution in [0.15, 0.2) is 79.4 Å². The molecule has 5 rings (SSSR count). The summed E-state index contributed by atoms with van der Waals surface area (Å²) < 4.78 is 2.01. The Hall–Kier alpha value is -4.02. The first kappa shape index (κ1) is 21.8. The van der Waals surface area contributed by atoms with Crippen LogP contribution in [0.4, 0.5) is 5.82 Å². The van der Waals surface area contributed by atoms with Crippen LogP contribution in [0.25, 0.3) is 5.69 Å². The third-order valence-electron chi connectivity index (χ3n) is 6.50. The molecule has 0 N–H and O–H groups in total. The lowest BCUT2D eigenvalue weighted by molar-refractivity contribution is 0.168. The Morgan fingerprint density at radius 1 is 1.00 bits per heavy atom. The maximum Gasteiger partial charge on any atom is 0.147 e. The lowest BCUT2D eigenvalue weighted by Gasteiger charge is -2.42. The molecule has 1 aliphatic heterocycles. The first-order valence-corrected chi connectivity index (χ1v) is 11.5. The molecule has 7 heteroatoms. The van der Waals surface area contributed by atoms with Crippen molar-refractivity contribution in [3.8, 4) is 11.8 Å². The number of piperazine rings is 1. The zero-order chi connectivity index (χ0) is 23.3. The van der Waals surface area contributed by atoms with Crippen LogP contribution >= 0.6 is 0 Å². The van der Waals surface area contributed by atoms with Crippen molar-refractivity contribution in [1.82, 2.24) is 24.6 Å². The Morgan fingerprint density at radius 3 is 2.56 bits per heavy atom. The molecule has 7 nitrogen and oxygen atoms in total. The van der Waals surface area contributed by atoms with Crippen molar-refractivity contribution < 1.29 is 0 Å². The summed E-state index contributed by atoms with van der Waals surface area (Å²) in [5.74, 6) is 0.904. The Bertz CT molecular complexity index is 1260. The highest BCUT2D eigenvalue weighted by molar-refractivity contribution is 5.39. The second-order valence-electron chi connectivity index (χ2n) is 8.57. The van der Waals surface area contributed by atoms with Gasteiger partial charge in [-0.05, 0) is 30.2 Å². The Kier molecular flexibility index (Phi) is 6.32. The third kappa shape index (κ3) is 4.54. The van der Waals surface area contributed by atoms with E-state index in [4.69, 9.17) is 5.26 Å². The van der Waals surface area contributed by atoms with Gasteiger partial charge in [0.25, 0.3) is 0 Å². The van der Waals surface area contributed by atoms with Crippen LogP contribution in [0, 0.1) is 18.3 Å². The van der Waals surface area contributed by atoms with Gasteiger partial charge in [-0.25, -0.2) is 9.67 Å². The van der Waals surface area contributed by atoms with Gasteiger partial charge in [-0.1, -0.05) is 42.5 Å². The third-order valence-corrected chi connectivity index (χ3v) is 6.50. The maximum atomic E-state index is 9.03. The van der Waals surface area contributed by atoms with Gasteiger partial charge in [0.2, 0.25) is 0 Å². The van der Waals surface area contributed by atoms with Crippen molar-refractivity contribution in [1.29, 1.82) is 5.26 Å². The molecule has 0 bridgehead atoms. The average molecular weight is 450 g/mol. The average Bonchev–Trinajstić information content (AvgIpc) is 3.26. The topological polar surface area (TPSA) is 73.9 Å². The van der Waals surface area contributed by atoms with Crippen molar-refractivity contribution >= 4 is 5.82 Å². The number of para-hydroxylation sites is 1. The predicted octanol–water partition coefficient (Wildman–Crippen LogP) is 4.10. The summed E-state index contributed by atoms with van der Waals surface area (Å²) >= 11 is 0. The van der Waals surface area contributed by atoms with E-state index in [1.807, 2.05) is 35.3 Å². The van der Waals surface area contributed by atoms with Gasteiger partial charge in [0, 0.05) is 49.8 Å². The lowest BCUT2D eigenvalue weighted by Crippen LogP contribution is -2.48. The number of benzene rings is 2. The summed E-state index contributed by atoms with van der Waals surface area (Å²) in [6.07, 6.45) is 7.70. The summed E-state index contributed by atoms with van der Waals surface area (Å²) in [5, 5.41) is 13.7. The molecule has 2 aromatic carbocycles. The molecular formula is C27H27N7. The summed E-state index contributed by atoms with van der Waals surface area (Å²) in [4.78, 5) is 13.6. The van der Waals surface area contributed by atoms with E-state index in [0.717, 1.165) is 48.9 Å². The molecule has 1 saturated heterocycles. The van der Waals surface area contributed by atoms with Crippen LogP contribution < -0.4 is 4.90 Å². The molecule has 1 fully saturated rings. The van der Waals surface area contributed by atoms with Crippen LogP contribution in [0.3, 0.4) is 0 Å². The molecule has 0 spiro atoms. The van der Waals surface area contributed by atoms with Gasteiger partial charge >= 0.3 is 0 Å². The van der Waals surface area contributed by atoms with E-state index in [1.54, 1.807) is 12.4 Å². The quantitative estimate of drug-likeness (QED) is 0.441. The van der Waals surface area contributed by atoms with Gasteiger partial charge in [-0.15, -0.1) is 0 Å². The van der Waals surface area contributed by atoms with Crippen molar-refractivity contribution in [2.45, 2.75) is 25.9 Å². The van der Waals surface area contributed by atoms with Gasteiger partial charge in [-0.2, -0.15) is 10.4 Å². The number of anilines is 1. The van der Waals surface area contributed by atoms with Crippen LogP contribution in [-0.4, -0.2) is 44.3 Å². The molecule has 3 heterocycles. The Morgan fingerprint density at radius 2 is 1.82 bits per heavy atom. The molecule has 170 valence electrons. The van der Waals surface area contributed by atoms with Crippen molar-refractivity contribution in [3.05, 3.63) is 102 Å². The summed E-state index contributed by atoms with van der Waals surface area (Å²) in [6.45, 7) is 5.56. The van der Waals surface area contributed by atoms with Crippen molar-refractivity contribution in [3.63, 3.8) is 0 Å². The zero-order valence-electron chi connectivity index (χ0n) is 19.2. The van der Waals surface area contributed by atoms with E-state index >= 15 is 0 Å². The first-order chi connectivity index (χ1) is 16.7. The Balaban J connectivity index is 1.42. The predicted molar refractivity (Wildman–Crippen MR) is 131 cm³/mol. The lowest BCUT2D eigenvalue weighted by atomic mass is 9.99. The zero-order valence-corrected chi connectivity index (χ0v) is 19.2. The standard InChI is InChI=1S/C27H27N7/c1-21-24(17-31-34(21)25-5-3-2-4-6-25)19-32-15-16-33(27-18-29-13-14-30-27)20-26(32)23-9-7-22(8-10-23)11-12-28/h2-10,13-14,17-18,26H,11,15-16,19-20H2,1H3. The molecule has 4 aromatic rings. The molecule has 1 aliphatic rings. The van der Waals surface area contributed by atoms with Crippen LogP contribution in [0.2, 0.25) is 0 Å². The number of nitriles is 1. The van der Waals surface area contributed by atoms with E-state index in [9.17, 15) is 0 Å². The highest BCUT2D eigenvalue weighted by atomic mass is 15.3. The summed E-state index contributed by atoms with van der Waals surface area (Å²) in [6, 6.07) is 21.1. The molecule has 34 heavy (non-hydrogen) atoms. The van der Waals surface area contributed by atoms with Crippen LogP contribution in [0.1, 0.15) is 28.4 Å². The SMILES string of the molecule is Cc1c(CN2CCN(c3cnccn3)CC2c2ccc(CC#N)cc2)cnn1-c1ccccc1. The molecule has 0 saturated carbocycles. The fourth-order valence-corrected chi connectivity index (χ4v) is 4.58. The Labute approximate surface area is 199 Å². The molecule has 1 atom stereocenters. The second-order valence-corrected chi connectivity index (χ2v) is 8.57. The smallest absolute Gasteiger partial charge is 0.147 e. The number of hydrogen-bond acceptors (Lipinski definition) is 6. The van der Waals surface area contributed by atoms with E-state index in [0.29, 0.717) is 6.42 Å². The number of hydrogen-bond donors (Lipinski definition) is 0. The summed E-state index contributed by atoms with van der Waals surface area (Å²) in [5.41, 5.74) is 5.74. The molecule has 2 aromatic heterocycles. The number of aromatic nitrogens is 4. The molecule has 0 radical (unpaired) electrons. The van der Waals surface area contributed by atoms with Gasteiger partial charge in [0.1, 0.15) is 5.82 Å². The maximum absolute atomic E-state index is 9.03. The van der Waals surface area contributed by atoms with Crippen molar-refractivity contribution in [2.75, 3.05) is 24.5 Å². The van der Waals surface area contributed by atoms with E-state index in [-0.39, 0.29) is 6.04 Å². The number of rotatable bonds is 6. The molecule has 0 amide bonds. The molecule has 1 unspecified atom stereocenters. The van der Waals surface area contributed by atoms with Crippen LogP contribution in [-0.2, 0) is 13.0 Å². The van der Waals surface area contributed by atoms with E-state index < -0.39 is 0 Å². The second kappa shape index (κ2) is 9.86. The van der Waals surface area contributed by atoms with Gasteiger partial charge in [-0.3, -0.25) is 9.88 Å². The van der Waals surface area contributed by atoms with Gasteiger partial charge < -0.3 is 4.90 Å². The highest BCUT2D eigenvalue weighted by Gasteiger charge is 2.30. The fourth-order valence-electron chi connectivity index (χ4n) is 4.58. The van der Waals surface area contributed by atoms with Crippen LogP contribution in [0.5, 0.6) is 0 Å². The van der Waals surface area contributed by atoms with Gasteiger partial charge in [0.15, 0.2) is 0 Å². The van der Waals surface area contributed by atoms with Crippen molar-refractivity contribution in [2.24, 2.45) is 0 Å². The summed E-state index contributed by atoms with van der Waals surface area (Å²) in [7, 11) is 0. The minimum absolute atomic E-state index is 0.186. The van der Waals surface area contributed by atoms with E-state index in [2.05, 4.69) is 74.3 Å². The number of nitrogens with zero attached hydrogens (tertiary/aromatic N) is 7. The molecule has 0 aliphatic carbocycles. The normalized spacial score (nSPS) is 16.4. The minimum atomic E-state index is 0.186. The fraction of sp³-hybridized carbons (Fsp3) is 0.259. The monoisotopic (exact) mass is 449 g/mol. The first-order valence-electron chi connectivity index (χ1n) is 11.5. The minimum Gasteiger partial charge on any atom is -0.352 e. The highest BCUT2D eigenvalue weighted by Crippen LogP contribution is 2.30. The van der Waals surface area contributed by atoms with Gasteiger partial charge in [0.05, 0.1) is 36.6 Å².